The quantitative estimate of drug-likeness (QED) is 0.895. The van der Waals surface area contributed by atoms with Crippen molar-refractivity contribution in [3.8, 4) is 0 Å². The van der Waals surface area contributed by atoms with Gasteiger partial charge in [0.05, 0.1) is 6.10 Å². The molecule has 2 N–H and O–H groups in total. The van der Waals surface area contributed by atoms with Crippen molar-refractivity contribution in [3.05, 3.63) is 70.8 Å². The van der Waals surface area contributed by atoms with E-state index in [1.165, 1.54) is 22.3 Å². The molecule has 2 nitrogen and oxygen atoms in total. The SMILES string of the molecule is CNCC(O)C1c2ccccc2CCc2ccccc21. The molecule has 20 heavy (non-hydrogen) atoms. The van der Waals surface area contributed by atoms with E-state index in [4.69, 9.17) is 0 Å². The molecular formula is C18H21NO. The first-order chi connectivity index (χ1) is 9.81. The van der Waals surface area contributed by atoms with Crippen LogP contribution in [0, 0.1) is 0 Å². The van der Waals surface area contributed by atoms with Gasteiger partial charge in [-0.3, -0.25) is 0 Å². The second-order valence-corrected chi connectivity index (χ2v) is 5.50. The van der Waals surface area contributed by atoms with Crippen LogP contribution in [0.1, 0.15) is 28.2 Å². The molecule has 1 aliphatic carbocycles. The fourth-order valence-corrected chi connectivity index (χ4v) is 3.31. The van der Waals surface area contributed by atoms with Crippen LogP contribution in [0.25, 0.3) is 0 Å². The van der Waals surface area contributed by atoms with Gasteiger partial charge in [0.15, 0.2) is 0 Å². The summed E-state index contributed by atoms with van der Waals surface area (Å²) >= 11 is 0. The molecule has 1 aliphatic rings. The summed E-state index contributed by atoms with van der Waals surface area (Å²) in [6.45, 7) is 0.604. The number of fused-ring (bicyclic) bond motifs is 2. The molecule has 0 spiro atoms. The normalized spacial score (nSPS) is 16.1. The zero-order chi connectivity index (χ0) is 13.9. The molecule has 0 radical (unpaired) electrons. The van der Waals surface area contributed by atoms with Gasteiger partial charge in [-0.2, -0.15) is 0 Å². The molecule has 2 heteroatoms. The molecule has 3 rings (SSSR count). The van der Waals surface area contributed by atoms with E-state index in [1.807, 2.05) is 7.05 Å². The van der Waals surface area contributed by atoms with Gasteiger partial charge in [0.2, 0.25) is 0 Å². The van der Waals surface area contributed by atoms with Crippen LogP contribution >= 0.6 is 0 Å². The van der Waals surface area contributed by atoms with E-state index < -0.39 is 6.10 Å². The maximum atomic E-state index is 10.6. The molecule has 0 bridgehead atoms. The Hall–Kier alpha value is -1.64. The summed E-state index contributed by atoms with van der Waals surface area (Å²) in [7, 11) is 1.89. The van der Waals surface area contributed by atoms with Crippen molar-refractivity contribution in [2.45, 2.75) is 24.9 Å². The minimum Gasteiger partial charge on any atom is -0.391 e. The number of benzene rings is 2. The van der Waals surface area contributed by atoms with Crippen LogP contribution in [0.3, 0.4) is 0 Å². The second-order valence-electron chi connectivity index (χ2n) is 5.50. The Kier molecular flexibility index (Phi) is 3.86. The third-order valence-electron chi connectivity index (χ3n) is 4.24. The fraction of sp³-hybridized carbons (Fsp3) is 0.333. The van der Waals surface area contributed by atoms with E-state index in [1.54, 1.807) is 0 Å². The zero-order valence-corrected chi connectivity index (χ0v) is 11.8. The van der Waals surface area contributed by atoms with Crippen LogP contribution in [0.15, 0.2) is 48.5 Å². The van der Waals surface area contributed by atoms with Crippen molar-refractivity contribution in [2.24, 2.45) is 0 Å². The van der Waals surface area contributed by atoms with Crippen LogP contribution < -0.4 is 5.32 Å². The Labute approximate surface area is 120 Å². The van der Waals surface area contributed by atoms with E-state index in [-0.39, 0.29) is 5.92 Å². The first kappa shape index (κ1) is 13.3. The van der Waals surface area contributed by atoms with Gasteiger partial charge in [0, 0.05) is 12.5 Å². The molecule has 0 fully saturated rings. The molecule has 104 valence electrons. The van der Waals surface area contributed by atoms with Gasteiger partial charge in [-0.25, -0.2) is 0 Å². The van der Waals surface area contributed by atoms with Crippen molar-refractivity contribution < 1.29 is 5.11 Å². The summed E-state index contributed by atoms with van der Waals surface area (Å²) in [6.07, 6.45) is 1.70. The standard InChI is InChI=1S/C18H21NO/c1-19-12-17(20)18-15-8-4-2-6-13(15)10-11-14-7-3-5-9-16(14)18/h2-9,17-20H,10-12H2,1H3. The van der Waals surface area contributed by atoms with Gasteiger partial charge in [-0.15, -0.1) is 0 Å². The Morgan fingerprint density at radius 1 is 1.00 bits per heavy atom. The van der Waals surface area contributed by atoms with Gasteiger partial charge in [0.25, 0.3) is 0 Å². The van der Waals surface area contributed by atoms with Crippen molar-refractivity contribution >= 4 is 0 Å². The highest BCUT2D eigenvalue weighted by molar-refractivity contribution is 5.45. The topological polar surface area (TPSA) is 32.3 Å². The Morgan fingerprint density at radius 2 is 1.50 bits per heavy atom. The lowest BCUT2D eigenvalue weighted by Crippen LogP contribution is -2.30. The van der Waals surface area contributed by atoms with E-state index in [9.17, 15) is 5.11 Å². The van der Waals surface area contributed by atoms with E-state index >= 15 is 0 Å². The molecule has 0 saturated carbocycles. The molecule has 0 amide bonds. The summed E-state index contributed by atoms with van der Waals surface area (Å²) in [5.74, 6) is 0.0670. The van der Waals surface area contributed by atoms with E-state index in [2.05, 4.69) is 53.8 Å². The molecule has 2 aromatic carbocycles. The summed E-state index contributed by atoms with van der Waals surface area (Å²) in [4.78, 5) is 0. The number of rotatable bonds is 3. The zero-order valence-electron chi connectivity index (χ0n) is 11.8. The monoisotopic (exact) mass is 267 g/mol. The second kappa shape index (κ2) is 5.78. The van der Waals surface area contributed by atoms with Crippen molar-refractivity contribution in [3.63, 3.8) is 0 Å². The summed E-state index contributed by atoms with van der Waals surface area (Å²) in [6, 6.07) is 17.1. The van der Waals surface area contributed by atoms with Gasteiger partial charge < -0.3 is 10.4 Å². The summed E-state index contributed by atoms with van der Waals surface area (Å²) in [5, 5.41) is 13.7. The maximum Gasteiger partial charge on any atom is 0.0773 e. The number of aliphatic hydroxyl groups excluding tert-OH is 1. The molecule has 0 saturated heterocycles. The molecule has 0 aromatic heterocycles. The average Bonchev–Trinajstić information content (AvgIpc) is 2.64. The lowest BCUT2D eigenvalue weighted by atomic mass is 9.84. The summed E-state index contributed by atoms with van der Waals surface area (Å²) in [5.41, 5.74) is 5.29. The lowest BCUT2D eigenvalue weighted by Gasteiger charge is -2.25. The third kappa shape index (κ3) is 2.37. The number of nitrogens with one attached hydrogen (secondary N) is 1. The Bertz CT molecular complexity index is 546. The van der Waals surface area contributed by atoms with Crippen LogP contribution in [-0.4, -0.2) is 24.8 Å². The maximum absolute atomic E-state index is 10.6. The number of aryl methyl sites for hydroxylation is 2. The minimum absolute atomic E-state index is 0.0670. The number of hydrogen-bond donors (Lipinski definition) is 2. The average molecular weight is 267 g/mol. The van der Waals surface area contributed by atoms with Crippen LogP contribution in [-0.2, 0) is 12.8 Å². The van der Waals surface area contributed by atoms with Crippen molar-refractivity contribution in [1.82, 2.24) is 5.32 Å². The van der Waals surface area contributed by atoms with Crippen LogP contribution in [0.5, 0.6) is 0 Å². The predicted molar refractivity (Wildman–Crippen MR) is 82.1 cm³/mol. The number of aliphatic hydroxyl groups is 1. The molecule has 0 heterocycles. The Morgan fingerprint density at radius 3 is 2.00 bits per heavy atom. The van der Waals surface area contributed by atoms with E-state index in [0.29, 0.717) is 6.54 Å². The Balaban J connectivity index is 2.13. The van der Waals surface area contributed by atoms with Gasteiger partial charge in [0.1, 0.15) is 0 Å². The van der Waals surface area contributed by atoms with Crippen LogP contribution in [0.4, 0.5) is 0 Å². The van der Waals surface area contributed by atoms with Crippen LogP contribution in [0.2, 0.25) is 0 Å². The highest BCUT2D eigenvalue weighted by Crippen LogP contribution is 2.36. The van der Waals surface area contributed by atoms with E-state index in [0.717, 1.165) is 12.8 Å². The van der Waals surface area contributed by atoms with Crippen molar-refractivity contribution in [1.29, 1.82) is 0 Å². The highest BCUT2D eigenvalue weighted by Gasteiger charge is 2.28. The molecule has 1 atom stereocenters. The molecule has 1 unspecified atom stereocenters. The highest BCUT2D eigenvalue weighted by atomic mass is 16.3. The molecular weight excluding hydrogens is 246 g/mol. The third-order valence-corrected chi connectivity index (χ3v) is 4.24. The molecule has 0 aliphatic heterocycles. The van der Waals surface area contributed by atoms with Gasteiger partial charge in [-0.1, -0.05) is 48.5 Å². The number of likely N-dealkylation sites (N-methyl/N-ethyl adjacent to an activating group) is 1. The predicted octanol–water partition coefficient (Wildman–Crippen LogP) is 2.50. The largest absolute Gasteiger partial charge is 0.391 e. The molecule has 2 aromatic rings. The number of hydrogen-bond acceptors (Lipinski definition) is 2. The lowest BCUT2D eigenvalue weighted by molar-refractivity contribution is 0.156. The first-order valence-electron chi connectivity index (χ1n) is 7.29. The smallest absolute Gasteiger partial charge is 0.0773 e. The fourth-order valence-electron chi connectivity index (χ4n) is 3.31. The minimum atomic E-state index is -0.402. The van der Waals surface area contributed by atoms with Crippen molar-refractivity contribution in [2.75, 3.05) is 13.6 Å². The van der Waals surface area contributed by atoms with Gasteiger partial charge >= 0.3 is 0 Å². The van der Waals surface area contributed by atoms with Gasteiger partial charge in [-0.05, 0) is 42.1 Å². The first-order valence-corrected chi connectivity index (χ1v) is 7.29. The summed E-state index contributed by atoms with van der Waals surface area (Å²) < 4.78 is 0.